The molecule has 0 amide bonds. The van der Waals surface area contributed by atoms with Crippen molar-refractivity contribution in [3.63, 3.8) is 0 Å². The summed E-state index contributed by atoms with van der Waals surface area (Å²) in [5.74, 6) is 0. The summed E-state index contributed by atoms with van der Waals surface area (Å²) in [6, 6.07) is 51.1. The van der Waals surface area contributed by atoms with Crippen LogP contribution >= 0.6 is 0 Å². The fourth-order valence-corrected chi connectivity index (χ4v) is 9.02. The van der Waals surface area contributed by atoms with E-state index in [2.05, 4.69) is 175 Å². The van der Waals surface area contributed by atoms with Crippen LogP contribution in [0.4, 0.5) is 0 Å². The molecule has 50 heavy (non-hydrogen) atoms. The van der Waals surface area contributed by atoms with Gasteiger partial charge in [-0.1, -0.05) is 163 Å². The van der Waals surface area contributed by atoms with Crippen LogP contribution in [0.25, 0.3) is 97.0 Å². The largest absolute Gasteiger partial charge is 0.0616 e. The van der Waals surface area contributed by atoms with Gasteiger partial charge in [-0.15, -0.1) is 0 Å². The highest BCUT2D eigenvalue weighted by atomic mass is 14.3. The Balaban J connectivity index is 1.67. The summed E-state index contributed by atoms with van der Waals surface area (Å²) >= 11 is 0. The van der Waals surface area contributed by atoms with Crippen LogP contribution in [-0.4, -0.2) is 0 Å². The molecular weight excluding hydrogens is 601 g/mol. The van der Waals surface area contributed by atoms with Crippen molar-refractivity contribution < 1.29 is 0 Å². The van der Waals surface area contributed by atoms with E-state index < -0.39 is 0 Å². The molecule has 0 aromatic heterocycles. The standard InChI is InChI=1S/C50H40/c1-49(2,3)29-23-25-39-41(27-29)43-35-19-11-7-15-31(35)33-17-9-13-21-37(33)45(43)48-40-26-24-30(50(4,5)6)28-42(40)44-36-20-12-8-16-32(36)34-18-10-14-22-38(34)46(44)47(39)48/h7-28H,1-6H3. The first-order valence-electron chi connectivity index (χ1n) is 18.0. The molecule has 0 atom stereocenters. The first-order chi connectivity index (χ1) is 24.1. The Bertz CT molecular complexity index is 2880. The number of hydrogen-bond acceptors (Lipinski definition) is 0. The Hall–Kier alpha value is -5.46. The predicted octanol–water partition coefficient (Wildman–Crippen LogP) is 14.7. The molecule has 0 bridgehead atoms. The lowest BCUT2D eigenvalue weighted by Crippen LogP contribution is -2.11. The number of fused-ring (bicyclic) bond motifs is 21. The molecule has 0 aliphatic heterocycles. The van der Waals surface area contributed by atoms with Gasteiger partial charge in [-0.25, -0.2) is 0 Å². The van der Waals surface area contributed by atoms with Crippen LogP contribution < -0.4 is 0 Å². The van der Waals surface area contributed by atoms with Crippen molar-refractivity contribution in [1.82, 2.24) is 0 Å². The Kier molecular flexibility index (Phi) is 5.92. The summed E-state index contributed by atoms with van der Waals surface area (Å²) < 4.78 is 0. The minimum Gasteiger partial charge on any atom is -0.0616 e. The molecule has 0 nitrogen and oxygen atoms in total. The summed E-state index contributed by atoms with van der Waals surface area (Å²) in [7, 11) is 0. The summed E-state index contributed by atoms with van der Waals surface area (Å²) in [4.78, 5) is 0. The van der Waals surface area contributed by atoms with E-state index in [0.29, 0.717) is 0 Å². The lowest BCUT2D eigenvalue weighted by Gasteiger charge is -2.25. The maximum atomic E-state index is 2.51. The van der Waals surface area contributed by atoms with E-state index in [1.165, 1.54) is 108 Å². The Morgan fingerprint density at radius 2 is 0.480 bits per heavy atom. The molecule has 10 aromatic carbocycles. The van der Waals surface area contributed by atoms with Crippen molar-refractivity contribution >= 4 is 97.0 Å². The quantitative estimate of drug-likeness (QED) is 0.145. The minimum atomic E-state index is 0.0137. The lowest BCUT2D eigenvalue weighted by atomic mass is 9.78. The van der Waals surface area contributed by atoms with Crippen LogP contribution in [-0.2, 0) is 10.8 Å². The van der Waals surface area contributed by atoms with Crippen LogP contribution in [0.3, 0.4) is 0 Å². The third-order valence-corrected chi connectivity index (χ3v) is 11.5. The molecule has 0 aliphatic rings. The number of hydrogen-bond donors (Lipinski definition) is 0. The molecule has 0 spiro atoms. The molecule has 0 radical (unpaired) electrons. The van der Waals surface area contributed by atoms with E-state index in [1.54, 1.807) is 0 Å². The van der Waals surface area contributed by atoms with Gasteiger partial charge in [-0.3, -0.25) is 0 Å². The van der Waals surface area contributed by atoms with Gasteiger partial charge < -0.3 is 0 Å². The van der Waals surface area contributed by atoms with Crippen molar-refractivity contribution in [2.24, 2.45) is 0 Å². The molecule has 240 valence electrons. The summed E-state index contributed by atoms with van der Waals surface area (Å²) in [5.41, 5.74) is 2.75. The van der Waals surface area contributed by atoms with Gasteiger partial charge in [0.15, 0.2) is 0 Å². The third-order valence-electron chi connectivity index (χ3n) is 11.5. The predicted molar refractivity (Wildman–Crippen MR) is 221 cm³/mol. The second-order valence-electron chi connectivity index (χ2n) is 16.5. The zero-order valence-corrected chi connectivity index (χ0v) is 29.7. The maximum Gasteiger partial charge on any atom is -0.000718 e. The molecule has 0 heterocycles. The molecule has 0 aliphatic carbocycles. The Morgan fingerprint density at radius 3 is 0.780 bits per heavy atom. The van der Waals surface area contributed by atoms with E-state index in [0.717, 1.165) is 0 Å². The van der Waals surface area contributed by atoms with Gasteiger partial charge in [0, 0.05) is 0 Å². The minimum absolute atomic E-state index is 0.0137. The maximum absolute atomic E-state index is 2.51. The fourth-order valence-electron chi connectivity index (χ4n) is 9.02. The van der Waals surface area contributed by atoms with Crippen molar-refractivity contribution in [1.29, 1.82) is 0 Å². The highest BCUT2D eigenvalue weighted by Crippen LogP contribution is 2.52. The van der Waals surface area contributed by atoms with Crippen molar-refractivity contribution in [2.75, 3.05) is 0 Å². The van der Waals surface area contributed by atoms with Crippen molar-refractivity contribution in [2.45, 2.75) is 52.4 Å². The van der Waals surface area contributed by atoms with Gasteiger partial charge in [-0.05, 0) is 131 Å². The molecule has 0 heteroatoms. The molecule has 0 N–H and O–H groups in total. The lowest BCUT2D eigenvalue weighted by molar-refractivity contribution is 0.591. The van der Waals surface area contributed by atoms with Crippen molar-refractivity contribution in [3.8, 4) is 0 Å². The molecular formula is C50H40. The second-order valence-corrected chi connectivity index (χ2v) is 16.5. The monoisotopic (exact) mass is 640 g/mol. The van der Waals surface area contributed by atoms with E-state index in [1.807, 2.05) is 0 Å². The topological polar surface area (TPSA) is 0 Å². The van der Waals surface area contributed by atoms with Crippen molar-refractivity contribution in [3.05, 3.63) is 145 Å². The fraction of sp³-hybridized carbons (Fsp3) is 0.160. The SMILES string of the molecule is CC(C)(C)c1ccc2c(c1)c1c3ccccc3c3ccccc3c1c1c3ccc(C(C)(C)C)cc3c3c4ccccc4c4ccccc4c3c21. The van der Waals surface area contributed by atoms with Crippen LogP contribution in [0.15, 0.2) is 133 Å². The van der Waals surface area contributed by atoms with Gasteiger partial charge in [0.2, 0.25) is 0 Å². The smallest absolute Gasteiger partial charge is 0.000718 e. The highest BCUT2D eigenvalue weighted by molar-refractivity contribution is 6.50. The number of benzene rings is 10. The third kappa shape index (κ3) is 3.94. The van der Waals surface area contributed by atoms with Gasteiger partial charge in [-0.2, -0.15) is 0 Å². The summed E-state index contributed by atoms with van der Waals surface area (Å²) in [5, 5.41) is 24.0. The first kappa shape index (κ1) is 29.5. The average Bonchev–Trinajstić information content (AvgIpc) is 3.13. The zero-order chi connectivity index (χ0) is 34.1. The van der Waals surface area contributed by atoms with E-state index in [-0.39, 0.29) is 10.8 Å². The molecule has 0 fully saturated rings. The Labute approximate surface area is 292 Å². The van der Waals surface area contributed by atoms with E-state index in [4.69, 9.17) is 0 Å². The molecule has 10 rings (SSSR count). The van der Waals surface area contributed by atoms with Crippen LogP contribution in [0.1, 0.15) is 52.7 Å². The zero-order valence-electron chi connectivity index (χ0n) is 29.7. The van der Waals surface area contributed by atoms with Crippen LogP contribution in [0.5, 0.6) is 0 Å². The molecule has 10 aromatic rings. The second kappa shape index (κ2) is 10.1. The first-order valence-corrected chi connectivity index (χ1v) is 18.0. The number of rotatable bonds is 0. The highest BCUT2D eigenvalue weighted by Gasteiger charge is 2.25. The van der Waals surface area contributed by atoms with Gasteiger partial charge in [0.1, 0.15) is 0 Å². The van der Waals surface area contributed by atoms with Gasteiger partial charge >= 0.3 is 0 Å². The summed E-state index contributed by atoms with van der Waals surface area (Å²) in [6.07, 6.45) is 0. The average molecular weight is 641 g/mol. The van der Waals surface area contributed by atoms with E-state index >= 15 is 0 Å². The molecule has 0 saturated carbocycles. The van der Waals surface area contributed by atoms with Crippen LogP contribution in [0, 0.1) is 0 Å². The Morgan fingerprint density at radius 1 is 0.240 bits per heavy atom. The van der Waals surface area contributed by atoms with Gasteiger partial charge in [0.25, 0.3) is 0 Å². The normalized spacial score (nSPS) is 13.0. The summed E-state index contributed by atoms with van der Waals surface area (Å²) in [6.45, 7) is 14.0. The van der Waals surface area contributed by atoms with Crippen LogP contribution in [0.2, 0.25) is 0 Å². The molecule has 0 unspecified atom stereocenters. The molecule has 0 saturated heterocycles. The van der Waals surface area contributed by atoms with E-state index in [9.17, 15) is 0 Å². The van der Waals surface area contributed by atoms with Gasteiger partial charge in [0.05, 0.1) is 0 Å².